The zero-order chi connectivity index (χ0) is 11.7. The molecule has 3 aliphatic rings. The van der Waals surface area contributed by atoms with Crippen molar-refractivity contribution >= 4 is 27.3 Å². The molecule has 0 aromatic carbocycles. The minimum atomic E-state index is 0.302. The van der Waals surface area contributed by atoms with Crippen molar-refractivity contribution < 1.29 is 0 Å². The van der Waals surface area contributed by atoms with Crippen molar-refractivity contribution in [2.24, 2.45) is 35.3 Å². The fraction of sp³-hybridized carbons (Fsp3) is 0.714. The van der Waals surface area contributed by atoms with Gasteiger partial charge in [0.15, 0.2) is 0 Å². The van der Waals surface area contributed by atoms with E-state index in [9.17, 15) is 0 Å². The van der Waals surface area contributed by atoms with Crippen molar-refractivity contribution in [1.82, 2.24) is 0 Å². The van der Waals surface area contributed by atoms with Gasteiger partial charge in [0.25, 0.3) is 0 Å². The Morgan fingerprint density at radius 1 is 1.35 bits per heavy atom. The van der Waals surface area contributed by atoms with Crippen LogP contribution >= 0.6 is 27.3 Å². The summed E-state index contributed by atoms with van der Waals surface area (Å²) in [6.45, 7) is 2.21. The minimum Gasteiger partial charge on any atom is -0.324 e. The number of aryl methyl sites for hydroxylation is 1. The number of nitrogens with two attached hydrogens (primary N) is 1. The lowest BCUT2D eigenvalue weighted by Gasteiger charge is -2.16. The summed E-state index contributed by atoms with van der Waals surface area (Å²) in [7, 11) is 0. The Labute approximate surface area is 115 Å². The zero-order valence-electron chi connectivity index (χ0n) is 10.0. The number of hydrogen-bond donors (Lipinski definition) is 1. The Balaban J connectivity index is 1.59. The molecule has 3 aliphatic carbocycles. The molecule has 2 bridgehead atoms. The first kappa shape index (κ1) is 11.0. The molecule has 17 heavy (non-hydrogen) atoms. The number of halogens is 1. The van der Waals surface area contributed by atoms with Gasteiger partial charge in [-0.25, -0.2) is 0 Å². The molecule has 4 rings (SSSR count). The highest BCUT2D eigenvalue weighted by molar-refractivity contribution is 9.11. The van der Waals surface area contributed by atoms with Crippen LogP contribution in [-0.2, 0) is 0 Å². The lowest BCUT2D eigenvalue weighted by Crippen LogP contribution is -2.17. The summed E-state index contributed by atoms with van der Waals surface area (Å²) < 4.78 is 1.23. The highest BCUT2D eigenvalue weighted by atomic mass is 79.9. The topological polar surface area (TPSA) is 26.0 Å². The van der Waals surface area contributed by atoms with Crippen LogP contribution in [0.15, 0.2) is 9.85 Å². The molecule has 0 spiro atoms. The third kappa shape index (κ3) is 1.45. The third-order valence-corrected chi connectivity index (χ3v) is 7.06. The molecule has 1 aromatic heterocycles. The summed E-state index contributed by atoms with van der Waals surface area (Å²) in [5.74, 6) is 4.84. The molecule has 1 aromatic rings. The molecule has 5 unspecified atom stereocenters. The average Bonchev–Trinajstić information content (AvgIpc) is 2.59. The van der Waals surface area contributed by atoms with Crippen molar-refractivity contribution in [3.05, 3.63) is 20.3 Å². The van der Waals surface area contributed by atoms with Crippen LogP contribution in [0.5, 0.6) is 0 Å². The second-order valence-corrected chi connectivity index (χ2v) is 8.79. The van der Waals surface area contributed by atoms with Crippen LogP contribution < -0.4 is 5.73 Å². The minimum absolute atomic E-state index is 0.302. The standard InChI is InChI=1S/C14H18BrNS/c1-6-9(5-10(15)17-6)14(16)13-11-7-2-3-8(4-7)12(11)13/h5,7-8,11-14H,2-4,16H2,1H3. The molecule has 3 saturated carbocycles. The molecule has 0 aliphatic heterocycles. The van der Waals surface area contributed by atoms with Crippen molar-refractivity contribution in [1.29, 1.82) is 0 Å². The maximum absolute atomic E-state index is 6.54. The van der Waals surface area contributed by atoms with E-state index in [1.165, 1.54) is 33.5 Å². The molecule has 2 N–H and O–H groups in total. The zero-order valence-corrected chi connectivity index (χ0v) is 12.4. The maximum atomic E-state index is 6.54. The van der Waals surface area contributed by atoms with Gasteiger partial charge >= 0.3 is 0 Å². The summed E-state index contributed by atoms with van der Waals surface area (Å²) in [6.07, 6.45) is 4.49. The monoisotopic (exact) mass is 311 g/mol. The van der Waals surface area contributed by atoms with Gasteiger partial charge in [-0.2, -0.15) is 0 Å². The normalized spacial score (nSPS) is 43.8. The summed E-state index contributed by atoms with van der Waals surface area (Å²) in [5.41, 5.74) is 7.95. The fourth-order valence-electron chi connectivity index (χ4n) is 4.87. The van der Waals surface area contributed by atoms with E-state index in [-0.39, 0.29) is 0 Å². The maximum Gasteiger partial charge on any atom is 0.0704 e. The van der Waals surface area contributed by atoms with E-state index in [0.717, 1.165) is 29.6 Å². The van der Waals surface area contributed by atoms with Gasteiger partial charge in [0.2, 0.25) is 0 Å². The van der Waals surface area contributed by atoms with Crippen LogP contribution in [0, 0.1) is 36.5 Å². The quantitative estimate of drug-likeness (QED) is 0.874. The van der Waals surface area contributed by atoms with E-state index in [1.807, 2.05) is 11.3 Å². The first-order valence-corrected chi connectivity index (χ1v) is 8.29. The van der Waals surface area contributed by atoms with Crippen LogP contribution in [0.3, 0.4) is 0 Å². The van der Waals surface area contributed by atoms with E-state index in [2.05, 4.69) is 28.9 Å². The summed E-state index contributed by atoms with van der Waals surface area (Å²) in [6, 6.07) is 2.55. The fourth-order valence-corrected chi connectivity index (χ4v) is 6.64. The SMILES string of the molecule is Cc1sc(Br)cc1C(N)C1C2C3CCC(C3)C21. The lowest BCUT2D eigenvalue weighted by atomic mass is 9.94. The van der Waals surface area contributed by atoms with Crippen molar-refractivity contribution in [3.63, 3.8) is 0 Å². The highest BCUT2D eigenvalue weighted by Crippen LogP contribution is 2.72. The Morgan fingerprint density at radius 3 is 2.53 bits per heavy atom. The molecule has 1 heterocycles. The van der Waals surface area contributed by atoms with Gasteiger partial charge in [0.1, 0.15) is 0 Å². The smallest absolute Gasteiger partial charge is 0.0704 e. The van der Waals surface area contributed by atoms with Crippen molar-refractivity contribution in [3.8, 4) is 0 Å². The summed E-state index contributed by atoms with van der Waals surface area (Å²) in [5, 5.41) is 0. The first-order chi connectivity index (χ1) is 8.16. The number of fused-ring (bicyclic) bond motifs is 5. The Morgan fingerprint density at radius 2 is 2.00 bits per heavy atom. The highest BCUT2D eigenvalue weighted by Gasteiger charge is 2.66. The first-order valence-electron chi connectivity index (χ1n) is 6.68. The van der Waals surface area contributed by atoms with Gasteiger partial charge in [-0.15, -0.1) is 11.3 Å². The predicted octanol–water partition coefficient (Wildman–Crippen LogP) is 4.11. The molecule has 0 radical (unpaired) electrons. The predicted molar refractivity (Wildman–Crippen MR) is 75.0 cm³/mol. The van der Waals surface area contributed by atoms with Crippen LogP contribution in [0.1, 0.15) is 35.7 Å². The second-order valence-electron chi connectivity index (χ2n) is 6.15. The Bertz CT molecular complexity index is 453. The number of thiophene rings is 1. The van der Waals surface area contributed by atoms with E-state index in [0.29, 0.717) is 6.04 Å². The average molecular weight is 312 g/mol. The molecule has 3 fully saturated rings. The van der Waals surface area contributed by atoms with Gasteiger partial charge in [-0.3, -0.25) is 0 Å². The second kappa shape index (κ2) is 3.58. The molecular weight excluding hydrogens is 294 g/mol. The molecule has 3 heteroatoms. The van der Waals surface area contributed by atoms with Crippen LogP contribution in [0.4, 0.5) is 0 Å². The van der Waals surface area contributed by atoms with Crippen molar-refractivity contribution in [2.75, 3.05) is 0 Å². The van der Waals surface area contributed by atoms with Gasteiger partial charge < -0.3 is 5.73 Å². The molecule has 0 amide bonds. The Kier molecular flexibility index (Phi) is 2.32. The van der Waals surface area contributed by atoms with Gasteiger partial charge in [0.05, 0.1) is 3.79 Å². The van der Waals surface area contributed by atoms with Gasteiger partial charge in [-0.1, -0.05) is 0 Å². The van der Waals surface area contributed by atoms with Crippen LogP contribution in [0.25, 0.3) is 0 Å². The molecule has 0 saturated heterocycles. The Hall–Kier alpha value is 0.140. The van der Waals surface area contributed by atoms with Crippen LogP contribution in [-0.4, -0.2) is 0 Å². The van der Waals surface area contributed by atoms with Crippen molar-refractivity contribution in [2.45, 2.75) is 32.2 Å². The van der Waals surface area contributed by atoms with E-state index in [1.54, 1.807) is 0 Å². The van der Waals surface area contributed by atoms with Gasteiger partial charge in [0, 0.05) is 10.9 Å². The third-order valence-electron chi connectivity index (χ3n) is 5.49. The van der Waals surface area contributed by atoms with E-state index in [4.69, 9.17) is 5.73 Å². The summed E-state index contributed by atoms with van der Waals surface area (Å²) in [4.78, 5) is 1.40. The lowest BCUT2D eigenvalue weighted by molar-refractivity contribution is 0.417. The molecular formula is C14H18BrNS. The molecule has 92 valence electrons. The van der Waals surface area contributed by atoms with E-state index < -0.39 is 0 Å². The molecule has 5 atom stereocenters. The largest absolute Gasteiger partial charge is 0.324 e. The van der Waals surface area contributed by atoms with Crippen LogP contribution in [0.2, 0.25) is 0 Å². The number of hydrogen-bond acceptors (Lipinski definition) is 2. The van der Waals surface area contributed by atoms with E-state index >= 15 is 0 Å². The molecule has 1 nitrogen and oxygen atoms in total. The number of rotatable bonds is 2. The summed E-state index contributed by atoms with van der Waals surface area (Å²) >= 11 is 5.41. The van der Waals surface area contributed by atoms with Gasteiger partial charge in [-0.05, 0) is 83.3 Å².